The van der Waals surface area contributed by atoms with Crippen molar-refractivity contribution in [3.05, 3.63) is 0 Å². The van der Waals surface area contributed by atoms with E-state index in [4.69, 9.17) is 4.74 Å². The second-order valence-corrected chi connectivity index (χ2v) is 4.57. The van der Waals surface area contributed by atoms with Crippen LogP contribution in [0.25, 0.3) is 0 Å². The van der Waals surface area contributed by atoms with E-state index in [9.17, 15) is 5.11 Å². The molecule has 2 N–H and O–H groups in total. The van der Waals surface area contributed by atoms with Gasteiger partial charge in [-0.3, -0.25) is 0 Å². The molecule has 3 heteroatoms. The average molecular weight is 215 g/mol. The summed E-state index contributed by atoms with van der Waals surface area (Å²) in [5, 5.41) is 13.3. The maximum Gasteiger partial charge on any atom is 0.0693 e. The van der Waals surface area contributed by atoms with Gasteiger partial charge in [0, 0.05) is 19.2 Å². The van der Waals surface area contributed by atoms with Crippen molar-refractivity contribution < 1.29 is 9.84 Å². The van der Waals surface area contributed by atoms with Crippen molar-refractivity contribution in [3.8, 4) is 0 Å². The van der Waals surface area contributed by atoms with Crippen LogP contribution in [0.5, 0.6) is 0 Å². The molecule has 0 heterocycles. The predicted octanol–water partition coefficient (Wildman–Crippen LogP) is 1.69. The Hall–Kier alpha value is -0.120. The number of hydrogen-bond acceptors (Lipinski definition) is 3. The van der Waals surface area contributed by atoms with Gasteiger partial charge in [0.25, 0.3) is 0 Å². The smallest absolute Gasteiger partial charge is 0.0693 e. The van der Waals surface area contributed by atoms with Crippen LogP contribution in [0.4, 0.5) is 0 Å². The zero-order chi connectivity index (χ0) is 11.1. The van der Waals surface area contributed by atoms with E-state index in [0.29, 0.717) is 12.1 Å². The van der Waals surface area contributed by atoms with Crippen molar-refractivity contribution in [3.63, 3.8) is 0 Å². The van der Waals surface area contributed by atoms with Gasteiger partial charge in [-0.25, -0.2) is 0 Å². The summed E-state index contributed by atoms with van der Waals surface area (Å²) >= 11 is 0. The van der Waals surface area contributed by atoms with Crippen LogP contribution in [-0.4, -0.2) is 37.0 Å². The summed E-state index contributed by atoms with van der Waals surface area (Å²) in [6.07, 6.45) is 6.64. The van der Waals surface area contributed by atoms with E-state index in [-0.39, 0.29) is 6.10 Å². The molecule has 0 aromatic heterocycles. The maximum atomic E-state index is 9.73. The molecule has 0 aliphatic heterocycles. The fraction of sp³-hybridized carbons (Fsp3) is 1.00. The molecule has 1 fully saturated rings. The Morgan fingerprint density at radius 1 is 1.47 bits per heavy atom. The van der Waals surface area contributed by atoms with Gasteiger partial charge in [-0.2, -0.15) is 0 Å². The summed E-state index contributed by atoms with van der Waals surface area (Å²) in [6, 6.07) is 0.703. The van der Waals surface area contributed by atoms with Crippen molar-refractivity contribution in [2.75, 3.05) is 13.7 Å². The highest BCUT2D eigenvalue weighted by Gasteiger charge is 2.26. The Kier molecular flexibility index (Phi) is 6.22. The van der Waals surface area contributed by atoms with Gasteiger partial charge < -0.3 is 15.2 Å². The fourth-order valence-electron chi connectivity index (χ4n) is 2.30. The summed E-state index contributed by atoms with van der Waals surface area (Å²) in [7, 11) is 1.74. The number of nitrogens with one attached hydrogen (secondary N) is 1. The number of ether oxygens (including phenoxy) is 1. The van der Waals surface area contributed by atoms with E-state index >= 15 is 0 Å². The molecule has 3 unspecified atom stereocenters. The van der Waals surface area contributed by atoms with Gasteiger partial charge in [-0.05, 0) is 25.7 Å². The highest BCUT2D eigenvalue weighted by Crippen LogP contribution is 2.19. The molecule has 1 aliphatic rings. The molecular weight excluding hydrogens is 190 g/mol. The molecule has 3 nitrogen and oxygen atoms in total. The quantitative estimate of drug-likeness (QED) is 0.679. The first-order chi connectivity index (χ1) is 7.27. The van der Waals surface area contributed by atoms with Gasteiger partial charge in [0.1, 0.15) is 0 Å². The molecule has 0 aromatic rings. The topological polar surface area (TPSA) is 41.5 Å². The molecule has 0 bridgehead atoms. The van der Waals surface area contributed by atoms with E-state index in [1.165, 1.54) is 12.8 Å². The minimum atomic E-state index is -0.147. The number of aliphatic hydroxyl groups excluding tert-OH is 1. The first-order valence-corrected chi connectivity index (χ1v) is 6.21. The Labute approximate surface area is 93.2 Å². The first-order valence-electron chi connectivity index (χ1n) is 6.21. The number of hydrogen-bond donors (Lipinski definition) is 2. The molecule has 1 saturated carbocycles. The Balaban J connectivity index is 2.28. The molecule has 0 spiro atoms. The molecule has 0 amide bonds. The molecular formula is C12H25NO2. The van der Waals surface area contributed by atoms with Crippen LogP contribution in [0.15, 0.2) is 0 Å². The molecule has 0 saturated heterocycles. The van der Waals surface area contributed by atoms with E-state index < -0.39 is 0 Å². The van der Waals surface area contributed by atoms with Crippen molar-refractivity contribution >= 4 is 0 Å². The number of aliphatic hydroxyl groups is 1. The molecule has 3 atom stereocenters. The molecule has 1 rings (SSSR count). The summed E-state index contributed by atoms with van der Waals surface area (Å²) in [5.41, 5.74) is 0. The fourth-order valence-corrected chi connectivity index (χ4v) is 2.30. The lowest BCUT2D eigenvalue weighted by atomic mass is 10.1. The number of rotatable bonds is 7. The van der Waals surface area contributed by atoms with Crippen molar-refractivity contribution in [1.82, 2.24) is 5.32 Å². The standard InChI is InChI=1S/C12H25NO2/c1-3-4-6-10(9-15-2)13-11-7-5-8-12(11)14/h10-14H,3-9H2,1-2H3. The lowest BCUT2D eigenvalue weighted by molar-refractivity contribution is 0.115. The van der Waals surface area contributed by atoms with Gasteiger partial charge in [0.15, 0.2) is 0 Å². The Morgan fingerprint density at radius 3 is 2.80 bits per heavy atom. The minimum absolute atomic E-state index is 0.147. The lowest BCUT2D eigenvalue weighted by Gasteiger charge is -2.24. The summed E-state index contributed by atoms with van der Waals surface area (Å²) in [4.78, 5) is 0. The van der Waals surface area contributed by atoms with Gasteiger partial charge in [-0.1, -0.05) is 19.8 Å². The highest BCUT2D eigenvalue weighted by atomic mass is 16.5. The van der Waals surface area contributed by atoms with Crippen LogP contribution >= 0.6 is 0 Å². The van der Waals surface area contributed by atoms with Crippen molar-refractivity contribution in [1.29, 1.82) is 0 Å². The van der Waals surface area contributed by atoms with E-state index in [1.54, 1.807) is 7.11 Å². The normalized spacial score (nSPS) is 28.2. The van der Waals surface area contributed by atoms with Gasteiger partial charge in [-0.15, -0.1) is 0 Å². The van der Waals surface area contributed by atoms with Crippen LogP contribution in [0.1, 0.15) is 45.4 Å². The lowest BCUT2D eigenvalue weighted by Crippen LogP contribution is -2.44. The third kappa shape index (κ3) is 4.49. The zero-order valence-corrected chi connectivity index (χ0v) is 10.0. The van der Waals surface area contributed by atoms with Crippen LogP contribution in [0, 0.1) is 0 Å². The third-order valence-electron chi connectivity index (χ3n) is 3.20. The summed E-state index contributed by atoms with van der Waals surface area (Å²) in [5.74, 6) is 0. The van der Waals surface area contributed by atoms with Gasteiger partial charge in [0.2, 0.25) is 0 Å². The Bertz CT molecular complexity index is 164. The monoisotopic (exact) mass is 215 g/mol. The highest BCUT2D eigenvalue weighted by molar-refractivity contribution is 4.85. The summed E-state index contributed by atoms with van der Waals surface area (Å²) in [6.45, 7) is 2.96. The second kappa shape index (κ2) is 7.20. The average Bonchev–Trinajstić information content (AvgIpc) is 2.61. The van der Waals surface area contributed by atoms with Crippen LogP contribution in [-0.2, 0) is 4.74 Å². The first kappa shape index (κ1) is 12.9. The number of methoxy groups -OCH3 is 1. The maximum absolute atomic E-state index is 9.73. The molecule has 0 aromatic carbocycles. The predicted molar refractivity (Wildman–Crippen MR) is 62.0 cm³/mol. The zero-order valence-electron chi connectivity index (χ0n) is 10.0. The van der Waals surface area contributed by atoms with Crippen molar-refractivity contribution in [2.24, 2.45) is 0 Å². The second-order valence-electron chi connectivity index (χ2n) is 4.57. The largest absolute Gasteiger partial charge is 0.392 e. The molecule has 1 aliphatic carbocycles. The summed E-state index contributed by atoms with van der Waals surface area (Å²) < 4.78 is 5.20. The molecule has 90 valence electrons. The van der Waals surface area contributed by atoms with Gasteiger partial charge >= 0.3 is 0 Å². The molecule has 15 heavy (non-hydrogen) atoms. The van der Waals surface area contributed by atoms with Crippen molar-refractivity contribution in [2.45, 2.75) is 63.6 Å². The minimum Gasteiger partial charge on any atom is -0.392 e. The van der Waals surface area contributed by atoms with Crippen LogP contribution in [0.3, 0.4) is 0 Å². The van der Waals surface area contributed by atoms with E-state index in [1.807, 2.05) is 0 Å². The van der Waals surface area contributed by atoms with Crippen LogP contribution in [0.2, 0.25) is 0 Å². The van der Waals surface area contributed by atoms with Gasteiger partial charge in [0.05, 0.1) is 12.7 Å². The van der Waals surface area contributed by atoms with Crippen LogP contribution < -0.4 is 5.32 Å². The Morgan fingerprint density at radius 2 is 2.27 bits per heavy atom. The third-order valence-corrected chi connectivity index (χ3v) is 3.20. The van der Waals surface area contributed by atoms with E-state index in [0.717, 1.165) is 32.3 Å². The van der Waals surface area contributed by atoms with E-state index in [2.05, 4.69) is 12.2 Å². The number of unbranched alkanes of at least 4 members (excludes halogenated alkanes) is 1. The SMILES string of the molecule is CCCCC(COC)NC1CCCC1O. The molecule has 0 radical (unpaired) electrons.